The lowest BCUT2D eigenvalue weighted by molar-refractivity contribution is -0.131. The minimum atomic E-state index is 0.221. The van der Waals surface area contributed by atoms with Crippen LogP contribution < -0.4 is 5.73 Å². The van der Waals surface area contributed by atoms with Crippen LogP contribution in [0.1, 0.15) is 52.9 Å². The molecule has 124 valence electrons. The molecular formula is C17H34N2O2. The normalized spacial score (nSPS) is 18.5. The third-order valence-electron chi connectivity index (χ3n) is 4.75. The Labute approximate surface area is 130 Å². The molecule has 1 saturated heterocycles. The van der Waals surface area contributed by atoms with E-state index >= 15 is 0 Å². The molecule has 0 aliphatic carbocycles. The Hall–Kier alpha value is -0.610. The maximum atomic E-state index is 12.3. The second kappa shape index (κ2) is 8.74. The van der Waals surface area contributed by atoms with E-state index in [2.05, 4.69) is 20.8 Å². The van der Waals surface area contributed by atoms with Gasteiger partial charge in [-0.2, -0.15) is 0 Å². The summed E-state index contributed by atoms with van der Waals surface area (Å²) in [6.07, 6.45) is 4.74. The van der Waals surface area contributed by atoms with Crippen molar-refractivity contribution in [1.29, 1.82) is 0 Å². The van der Waals surface area contributed by atoms with Gasteiger partial charge in [0.2, 0.25) is 5.91 Å². The Morgan fingerprint density at radius 2 is 1.90 bits per heavy atom. The summed E-state index contributed by atoms with van der Waals surface area (Å²) >= 11 is 0. The van der Waals surface area contributed by atoms with E-state index in [4.69, 9.17) is 10.5 Å². The molecule has 1 amide bonds. The van der Waals surface area contributed by atoms with Gasteiger partial charge in [0.05, 0.1) is 0 Å². The predicted molar refractivity (Wildman–Crippen MR) is 87.0 cm³/mol. The largest absolute Gasteiger partial charge is 0.381 e. The number of carbonyl (C=O) groups is 1. The average Bonchev–Trinajstić information content (AvgIpc) is 2.42. The minimum Gasteiger partial charge on any atom is -0.381 e. The molecule has 1 heterocycles. The van der Waals surface area contributed by atoms with E-state index in [1.54, 1.807) is 0 Å². The standard InChI is InChI=1S/C17H34N2O2/c1-17(2,3)15(7-10-18)5-6-16(20)19(4)13-14-8-11-21-12-9-14/h14-15H,5-13,18H2,1-4H3. The Balaban J connectivity index is 2.36. The lowest BCUT2D eigenvalue weighted by atomic mass is 9.76. The van der Waals surface area contributed by atoms with Crippen LogP contribution in [0.3, 0.4) is 0 Å². The molecule has 4 nitrogen and oxygen atoms in total. The highest BCUT2D eigenvalue weighted by Crippen LogP contribution is 2.32. The Morgan fingerprint density at radius 3 is 2.43 bits per heavy atom. The van der Waals surface area contributed by atoms with Crippen molar-refractivity contribution in [3.8, 4) is 0 Å². The van der Waals surface area contributed by atoms with Crippen molar-refractivity contribution >= 4 is 5.91 Å². The van der Waals surface area contributed by atoms with Crippen LogP contribution in [-0.2, 0) is 9.53 Å². The van der Waals surface area contributed by atoms with Crippen LogP contribution in [0, 0.1) is 17.3 Å². The van der Waals surface area contributed by atoms with Crippen molar-refractivity contribution < 1.29 is 9.53 Å². The SMILES string of the molecule is CN(CC1CCOCC1)C(=O)CCC(CCN)C(C)(C)C. The number of carbonyl (C=O) groups excluding carboxylic acids is 1. The average molecular weight is 298 g/mol. The van der Waals surface area contributed by atoms with Gasteiger partial charge in [-0.25, -0.2) is 0 Å². The van der Waals surface area contributed by atoms with Gasteiger partial charge in [-0.15, -0.1) is 0 Å². The summed E-state index contributed by atoms with van der Waals surface area (Å²) < 4.78 is 5.37. The maximum absolute atomic E-state index is 12.3. The van der Waals surface area contributed by atoms with Gasteiger partial charge in [0, 0.05) is 33.2 Å². The smallest absolute Gasteiger partial charge is 0.222 e. The molecule has 1 fully saturated rings. The molecule has 0 aromatic carbocycles. The highest BCUT2D eigenvalue weighted by atomic mass is 16.5. The van der Waals surface area contributed by atoms with Crippen LogP contribution in [0.4, 0.5) is 0 Å². The number of rotatable bonds is 7. The molecule has 0 bridgehead atoms. The lowest BCUT2D eigenvalue weighted by Gasteiger charge is -2.31. The first kappa shape index (κ1) is 18.4. The third kappa shape index (κ3) is 6.79. The van der Waals surface area contributed by atoms with Crippen LogP contribution in [0.2, 0.25) is 0 Å². The fourth-order valence-corrected chi connectivity index (χ4v) is 3.12. The summed E-state index contributed by atoms with van der Waals surface area (Å²) in [6.45, 7) is 9.98. The topological polar surface area (TPSA) is 55.6 Å². The molecule has 4 heteroatoms. The quantitative estimate of drug-likeness (QED) is 0.786. The molecule has 0 saturated carbocycles. The summed E-state index contributed by atoms with van der Waals surface area (Å²) in [5.74, 6) is 1.39. The zero-order valence-corrected chi connectivity index (χ0v) is 14.4. The highest BCUT2D eigenvalue weighted by Gasteiger charge is 2.25. The summed E-state index contributed by atoms with van der Waals surface area (Å²) in [5.41, 5.74) is 5.93. The third-order valence-corrected chi connectivity index (χ3v) is 4.75. The molecule has 21 heavy (non-hydrogen) atoms. The van der Waals surface area contributed by atoms with Crippen LogP contribution in [0.15, 0.2) is 0 Å². The molecule has 1 atom stereocenters. The minimum absolute atomic E-state index is 0.221. The zero-order chi connectivity index (χ0) is 15.9. The van der Waals surface area contributed by atoms with Gasteiger partial charge in [-0.3, -0.25) is 4.79 Å². The number of nitrogens with two attached hydrogens (primary N) is 1. The van der Waals surface area contributed by atoms with E-state index in [9.17, 15) is 4.79 Å². The second-order valence-corrected chi connectivity index (χ2v) is 7.51. The Morgan fingerprint density at radius 1 is 1.29 bits per heavy atom. The van der Waals surface area contributed by atoms with Gasteiger partial charge in [-0.05, 0) is 49.5 Å². The van der Waals surface area contributed by atoms with E-state index in [1.807, 2.05) is 11.9 Å². The van der Waals surface area contributed by atoms with Gasteiger partial charge in [0.15, 0.2) is 0 Å². The first-order chi connectivity index (χ1) is 9.84. The first-order valence-corrected chi connectivity index (χ1v) is 8.36. The summed E-state index contributed by atoms with van der Waals surface area (Å²) in [4.78, 5) is 14.2. The molecule has 0 radical (unpaired) electrons. The molecule has 0 aromatic heterocycles. The van der Waals surface area contributed by atoms with E-state index < -0.39 is 0 Å². The van der Waals surface area contributed by atoms with E-state index in [0.717, 1.165) is 45.4 Å². The van der Waals surface area contributed by atoms with Gasteiger partial charge >= 0.3 is 0 Å². The number of hydrogen-bond acceptors (Lipinski definition) is 3. The van der Waals surface area contributed by atoms with Crippen molar-refractivity contribution in [2.45, 2.75) is 52.9 Å². The van der Waals surface area contributed by atoms with Gasteiger partial charge in [0.25, 0.3) is 0 Å². The highest BCUT2D eigenvalue weighted by molar-refractivity contribution is 5.75. The van der Waals surface area contributed by atoms with E-state index in [1.165, 1.54) is 0 Å². The van der Waals surface area contributed by atoms with Crippen molar-refractivity contribution in [2.24, 2.45) is 23.0 Å². The predicted octanol–water partition coefficient (Wildman–Crippen LogP) is 2.66. The fourth-order valence-electron chi connectivity index (χ4n) is 3.12. The van der Waals surface area contributed by atoms with E-state index in [-0.39, 0.29) is 11.3 Å². The zero-order valence-electron chi connectivity index (χ0n) is 14.4. The monoisotopic (exact) mass is 298 g/mol. The van der Waals surface area contributed by atoms with Gasteiger partial charge in [0.1, 0.15) is 0 Å². The van der Waals surface area contributed by atoms with Crippen molar-refractivity contribution in [2.75, 3.05) is 33.4 Å². The van der Waals surface area contributed by atoms with Crippen LogP contribution in [-0.4, -0.2) is 44.2 Å². The van der Waals surface area contributed by atoms with Gasteiger partial charge in [-0.1, -0.05) is 20.8 Å². The summed E-state index contributed by atoms with van der Waals surface area (Å²) in [7, 11) is 1.94. The molecule has 1 aliphatic heterocycles. The van der Waals surface area contributed by atoms with Crippen LogP contribution in [0.5, 0.6) is 0 Å². The van der Waals surface area contributed by atoms with Crippen LogP contribution >= 0.6 is 0 Å². The summed E-state index contributed by atoms with van der Waals surface area (Å²) in [6, 6.07) is 0. The molecule has 1 rings (SSSR count). The molecule has 0 aromatic rings. The fraction of sp³-hybridized carbons (Fsp3) is 0.941. The maximum Gasteiger partial charge on any atom is 0.222 e. The number of ether oxygens (including phenoxy) is 1. The summed E-state index contributed by atoms with van der Waals surface area (Å²) in [5, 5.41) is 0. The molecule has 1 unspecified atom stereocenters. The van der Waals surface area contributed by atoms with Crippen LogP contribution in [0.25, 0.3) is 0 Å². The number of amides is 1. The van der Waals surface area contributed by atoms with E-state index in [0.29, 0.717) is 24.8 Å². The number of hydrogen-bond donors (Lipinski definition) is 1. The van der Waals surface area contributed by atoms with Crippen molar-refractivity contribution in [3.63, 3.8) is 0 Å². The number of nitrogens with zero attached hydrogens (tertiary/aromatic N) is 1. The Kier molecular flexibility index (Phi) is 7.67. The lowest BCUT2D eigenvalue weighted by Crippen LogP contribution is -2.35. The molecule has 1 aliphatic rings. The van der Waals surface area contributed by atoms with Crippen molar-refractivity contribution in [3.05, 3.63) is 0 Å². The second-order valence-electron chi connectivity index (χ2n) is 7.51. The van der Waals surface area contributed by atoms with Gasteiger partial charge < -0.3 is 15.4 Å². The molecule has 2 N–H and O–H groups in total. The molecular weight excluding hydrogens is 264 g/mol. The molecule has 0 spiro atoms. The Bertz CT molecular complexity index is 306. The first-order valence-electron chi connectivity index (χ1n) is 8.36. The van der Waals surface area contributed by atoms with Crippen molar-refractivity contribution in [1.82, 2.24) is 4.90 Å².